The van der Waals surface area contributed by atoms with E-state index in [9.17, 15) is 9.90 Å². The molecular weight excluding hydrogens is 304 g/mol. The molecule has 1 atom stereocenters. The molecule has 1 heterocycles. The van der Waals surface area contributed by atoms with Gasteiger partial charge in [-0.2, -0.15) is 0 Å². The van der Waals surface area contributed by atoms with Gasteiger partial charge in [0, 0.05) is 6.20 Å². The van der Waals surface area contributed by atoms with Crippen LogP contribution >= 0.6 is 0 Å². The van der Waals surface area contributed by atoms with Crippen LogP contribution in [0.15, 0.2) is 48.7 Å². The molecule has 1 aliphatic carbocycles. The topological polar surface area (TPSA) is 71.5 Å². The Morgan fingerprint density at radius 3 is 2.71 bits per heavy atom. The van der Waals surface area contributed by atoms with E-state index in [0.717, 1.165) is 11.3 Å². The Morgan fingerprint density at radius 1 is 1.29 bits per heavy atom. The third-order valence-corrected chi connectivity index (χ3v) is 4.40. The van der Waals surface area contributed by atoms with Gasteiger partial charge in [0.25, 0.3) is 5.91 Å². The molecule has 5 nitrogen and oxygen atoms in total. The standard InChI is InChI=1S/C19H22N2O3/c1-13-6-2-3-8-17(13)24-12-18(23)21-19(14-10-15(22)11-14)16-7-4-5-9-20-16/h2-9,14-15,19,22H,10-12H2,1H3,(H,21,23)/t14?,15?,19-/m0/s1. The Balaban J connectivity index is 1.62. The molecule has 2 aromatic rings. The average Bonchev–Trinajstić information content (AvgIpc) is 2.57. The van der Waals surface area contributed by atoms with Crippen LogP contribution in [0.2, 0.25) is 0 Å². The van der Waals surface area contributed by atoms with Crippen LogP contribution in [0.3, 0.4) is 0 Å². The minimum Gasteiger partial charge on any atom is -0.484 e. The molecule has 0 unspecified atom stereocenters. The highest BCUT2D eigenvalue weighted by molar-refractivity contribution is 5.78. The number of hydrogen-bond donors (Lipinski definition) is 2. The number of para-hydroxylation sites is 1. The largest absolute Gasteiger partial charge is 0.484 e. The summed E-state index contributed by atoms with van der Waals surface area (Å²) < 4.78 is 5.61. The monoisotopic (exact) mass is 326 g/mol. The van der Waals surface area contributed by atoms with Gasteiger partial charge >= 0.3 is 0 Å². The van der Waals surface area contributed by atoms with Crippen molar-refractivity contribution >= 4 is 5.91 Å². The van der Waals surface area contributed by atoms with E-state index in [1.54, 1.807) is 6.20 Å². The molecule has 0 radical (unpaired) electrons. The van der Waals surface area contributed by atoms with Gasteiger partial charge in [0.05, 0.1) is 17.8 Å². The second-order valence-corrected chi connectivity index (χ2v) is 6.24. The van der Waals surface area contributed by atoms with E-state index in [2.05, 4.69) is 10.3 Å². The number of amides is 1. The summed E-state index contributed by atoms with van der Waals surface area (Å²) in [5.74, 6) is 0.730. The van der Waals surface area contributed by atoms with E-state index in [4.69, 9.17) is 4.74 Å². The SMILES string of the molecule is Cc1ccccc1OCC(=O)N[C@H](c1ccccn1)C1CC(O)C1. The fourth-order valence-electron chi connectivity index (χ4n) is 2.97. The van der Waals surface area contributed by atoms with E-state index >= 15 is 0 Å². The van der Waals surface area contributed by atoms with Crippen molar-refractivity contribution in [3.8, 4) is 5.75 Å². The Hall–Kier alpha value is -2.40. The number of pyridine rings is 1. The second kappa shape index (κ2) is 7.45. The molecule has 0 bridgehead atoms. The zero-order valence-electron chi connectivity index (χ0n) is 13.7. The van der Waals surface area contributed by atoms with Crippen LogP contribution in [0, 0.1) is 12.8 Å². The van der Waals surface area contributed by atoms with Gasteiger partial charge in [0.1, 0.15) is 5.75 Å². The zero-order chi connectivity index (χ0) is 16.9. The molecule has 24 heavy (non-hydrogen) atoms. The molecule has 2 N–H and O–H groups in total. The van der Waals surface area contributed by atoms with Crippen molar-refractivity contribution in [1.29, 1.82) is 0 Å². The maximum Gasteiger partial charge on any atom is 0.258 e. The number of ether oxygens (including phenoxy) is 1. The molecule has 126 valence electrons. The number of hydrogen-bond acceptors (Lipinski definition) is 4. The Morgan fingerprint density at radius 2 is 2.04 bits per heavy atom. The maximum atomic E-state index is 12.3. The number of nitrogens with one attached hydrogen (secondary N) is 1. The first kappa shape index (κ1) is 16.5. The third kappa shape index (κ3) is 3.92. The number of benzene rings is 1. The highest BCUT2D eigenvalue weighted by Crippen LogP contribution is 2.37. The Bertz CT molecular complexity index is 684. The number of rotatable bonds is 6. The lowest BCUT2D eigenvalue weighted by Crippen LogP contribution is -2.43. The Kier molecular flexibility index (Phi) is 5.11. The average molecular weight is 326 g/mol. The summed E-state index contributed by atoms with van der Waals surface area (Å²) >= 11 is 0. The summed E-state index contributed by atoms with van der Waals surface area (Å²) in [5, 5.41) is 12.6. The summed E-state index contributed by atoms with van der Waals surface area (Å²) in [6, 6.07) is 13.1. The first-order chi connectivity index (χ1) is 11.6. The van der Waals surface area contributed by atoms with Crippen molar-refractivity contribution in [2.45, 2.75) is 31.9 Å². The van der Waals surface area contributed by atoms with Crippen LogP contribution in [-0.4, -0.2) is 28.7 Å². The van der Waals surface area contributed by atoms with Crippen LogP contribution in [0.4, 0.5) is 0 Å². The molecule has 3 rings (SSSR count). The molecule has 1 amide bonds. The van der Waals surface area contributed by atoms with E-state index < -0.39 is 0 Å². The summed E-state index contributed by atoms with van der Waals surface area (Å²) in [7, 11) is 0. The van der Waals surface area contributed by atoms with Crippen LogP contribution < -0.4 is 10.1 Å². The van der Waals surface area contributed by atoms with Crippen molar-refractivity contribution in [3.05, 3.63) is 59.9 Å². The van der Waals surface area contributed by atoms with Crippen molar-refractivity contribution < 1.29 is 14.6 Å². The predicted octanol–water partition coefficient (Wildman–Crippen LogP) is 2.40. The van der Waals surface area contributed by atoms with E-state index in [-0.39, 0.29) is 30.6 Å². The summed E-state index contributed by atoms with van der Waals surface area (Å²) in [5.41, 5.74) is 1.81. The number of aliphatic hydroxyl groups excluding tert-OH is 1. The lowest BCUT2D eigenvalue weighted by molar-refractivity contribution is -0.125. The zero-order valence-corrected chi connectivity index (χ0v) is 13.7. The minimum absolute atomic E-state index is 0.0382. The second-order valence-electron chi connectivity index (χ2n) is 6.24. The molecule has 0 saturated heterocycles. The number of carbonyl (C=O) groups is 1. The molecular formula is C19H22N2O3. The van der Waals surface area contributed by atoms with Gasteiger partial charge < -0.3 is 15.2 Å². The maximum absolute atomic E-state index is 12.3. The van der Waals surface area contributed by atoms with E-state index in [1.807, 2.05) is 49.4 Å². The quantitative estimate of drug-likeness (QED) is 0.855. The van der Waals surface area contributed by atoms with E-state index in [1.165, 1.54) is 0 Å². The molecule has 1 aliphatic rings. The van der Waals surface area contributed by atoms with Gasteiger partial charge in [-0.1, -0.05) is 24.3 Å². The highest BCUT2D eigenvalue weighted by Gasteiger charge is 2.36. The van der Waals surface area contributed by atoms with Gasteiger partial charge in [-0.25, -0.2) is 0 Å². The van der Waals surface area contributed by atoms with Crippen molar-refractivity contribution in [3.63, 3.8) is 0 Å². The first-order valence-electron chi connectivity index (χ1n) is 8.20. The van der Waals surface area contributed by atoms with Crippen LogP contribution in [-0.2, 0) is 4.79 Å². The smallest absolute Gasteiger partial charge is 0.258 e. The molecule has 0 aliphatic heterocycles. The fourth-order valence-corrected chi connectivity index (χ4v) is 2.97. The lowest BCUT2D eigenvalue weighted by Gasteiger charge is -2.37. The normalized spacial score (nSPS) is 20.8. The molecule has 0 spiro atoms. The highest BCUT2D eigenvalue weighted by atomic mass is 16.5. The fraction of sp³-hybridized carbons (Fsp3) is 0.368. The molecule has 1 fully saturated rings. The lowest BCUT2D eigenvalue weighted by atomic mass is 9.76. The molecule has 5 heteroatoms. The Labute approximate surface area is 141 Å². The number of aromatic nitrogens is 1. The van der Waals surface area contributed by atoms with Crippen molar-refractivity contribution in [2.24, 2.45) is 5.92 Å². The molecule has 1 aromatic carbocycles. The number of nitrogens with zero attached hydrogens (tertiary/aromatic N) is 1. The van der Waals surface area contributed by atoms with Gasteiger partial charge in [0.2, 0.25) is 0 Å². The van der Waals surface area contributed by atoms with Crippen LogP contribution in [0.5, 0.6) is 5.75 Å². The number of aliphatic hydroxyl groups is 1. The predicted molar refractivity (Wildman–Crippen MR) is 90.5 cm³/mol. The van der Waals surface area contributed by atoms with Crippen molar-refractivity contribution in [1.82, 2.24) is 10.3 Å². The van der Waals surface area contributed by atoms with Crippen LogP contribution in [0.25, 0.3) is 0 Å². The number of aryl methyl sites for hydroxylation is 1. The number of carbonyl (C=O) groups excluding carboxylic acids is 1. The van der Waals surface area contributed by atoms with Gasteiger partial charge in [0.15, 0.2) is 6.61 Å². The minimum atomic E-state index is -0.277. The summed E-state index contributed by atoms with van der Waals surface area (Å²) in [6.07, 6.45) is 2.80. The van der Waals surface area contributed by atoms with E-state index in [0.29, 0.717) is 18.6 Å². The summed E-state index contributed by atoms with van der Waals surface area (Å²) in [6.45, 7) is 1.91. The molecule has 1 saturated carbocycles. The van der Waals surface area contributed by atoms with Gasteiger partial charge in [-0.15, -0.1) is 0 Å². The van der Waals surface area contributed by atoms with Gasteiger partial charge in [-0.3, -0.25) is 9.78 Å². The van der Waals surface area contributed by atoms with Crippen molar-refractivity contribution in [2.75, 3.05) is 6.61 Å². The third-order valence-electron chi connectivity index (χ3n) is 4.40. The van der Waals surface area contributed by atoms with Crippen LogP contribution in [0.1, 0.15) is 30.1 Å². The molecule has 1 aromatic heterocycles. The van der Waals surface area contributed by atoms with Gasteiger partial charge in [-0.05, 0) is 49.4 Å². The summed E-state index contributed by atoms with van der Waals surface area (Å²) in [4.78, 5) is 16.7. The first-order valence-corrected chi connectivity index (χ1v) is 8.20.